The highest BCUT2D eigenvalue weighted by Gasteiger charge is 2.26. The summed E-state index contributed by atoms with van der Waals surface area (Å²) in [6.07, 6.45) is 1.53. The summed E-state index contributed by atoms with van der Waals surface area (Å²) in [4.78, 5) is 24.7. The molecular weight excluding hydrogens is 340 g/mol. The van der Waals surface area contributed by atoms with Crippen LogP contribution in [0.3, 0.4) is 0 Å². The van der Waals surface area contributed by atoms with Crippen molar-refractivity contribution in [2.75, 3.05) is 12.4 Å². The smallest absolute Gasteiger partial charge is 0.227 e. The highest BCUT2D eigenvalue weighted by atomic mass is 16.5. The van der Waals surface area contributed by atoms with E-state index in [9.17, 15) is 9.59 Å². The SMILES string of the molecule is COc1ccc(C)cc1C(C)NC(=O)CCC1Cc2ccccc2NC1=O. The minimum absolute atomic E-state index is 0.00472. The molecule has 0 saturated heterocycles. The minimum Gasteiger partial charge on any atom is -0.496 e. The van der Waals surface area contributed by atoms with E-state index in [0.29, 0.717) is 19.3 Å². The average molecular weight is 366 g/mol. The van der Waals surface area contributed by atoms with Crippen LogP contribution in [-0.4, -0.2) is 18.9 Å². The van der Waals surface area contributed by atoms with E-state index in [4.69, 9.17) is 4.74 Å². The van der Waals surface area contributed by atoms with Crippen LogP contribution in [0.25, 0.3) is 0 Å². The fourth-order valence-corrected chi connectivity index (χ4v) is 3.54. The maximum absolute atomic E-state index is 12.4. The van der Waals surface area contributed by atoms with Crippen LogP contribution < -0.4 is 15.4 Å². The van der Waals surface area contributed by atoms with Crippen LogP contribution in [0.4, 0.5) is 5.69 Å². The summed E-state index contributed by atoms with van der Waals surface area (Å²) >= 11 is 0. The molecule has 0 saturated carbocycles. The molecule has 3 rings (SSSR count). The van der Waals surface area contributed by atoms with E-state index in [2.05, 4.69) is 10.6 Å². The molecule has 1 aliphatic rings. The van der Waals surface area contributed by atoms with Crippen molar-refractivity contribution in [3.05, 3.63) is 59.2 Å². The van der Waals surface area contributed by atoms with Gasteiger partial charge >= 0.3 is 0 Å². The molecule has 0 aliphatic carbocycles. The molecule has 2 amide bonds. The molecule has 5 heteroatoms. The number of nitrogens with one attached hydrogen (secondary N) is 2. The molecule has 0 bridgehead atoms. The third-order valence-electron chi connectivity index (χ3n) is 5.06. The van der Waals surface area contributed by atoms with Gasteiger partial charge in [-0.2, -0.15) is 0 Å². The number of ether oxygens (including phenoxy) is 1. The number of aryl methyl sites for hydroxylation is 1. The maximum Gasteiger partial charge on any atom is 0.227 e. The Morgan fingerprint density at radius 3 is 2.85 bits per heavy atom. The van der Waals surface area contributed by atoms with E-state index in [-0.39, 0.29) is 23.8 Å². The Bertz CT molecular complexity index is 847. The predicted molar refractivity (Wildman–Crippen MR) is 106 cm³/mol. The number of anilines is 1. The molecule has 2 N–H and O–H groups in total. The first kappa shape index (κ1) is 19.0. The van der Waals surface area contributed by atoms with E-state index in [0.717, 1.165) is 28.1 Å². The van der Waals surface area contributed by atoms with Gasteiger partial charge in [0.05, 0.1) is 13.2 Å². The molecule has 2 atom stereocenters. The summed E-state index contributed by atoms with van der Waals surface area (Å²) in [5.41, 5.74) is 4.07. The molecule has 1 heterocycles. The van der Waals surface area contributed by atoms with Crippen LogP contribution in [0.15, 0.2) is 42.5 Å². The van der Waals surface area contributed by atoms with Crippen molar-refractivity contribution in [3.8, 4) is 5.75 Å². The van der Waals surface area contributed by atoms with Gasteiger partial charge in [-0.25, -0.2) is 0 Å². The predicted octanol–water partition coefficient (Wildman–Crippen LogP) is 3.77. The van der Waals surface area contributed by atoms with Gasteiger partial charge in [-0.3, -0.25) is 9.59 Å². The maximum atomic E-state index is 12.4. The lowest BCUT2D eigenvalue weighted by atomic mass is 9.89. The Labute approximate surface area is 160 Å². The number of para-hydroxylation sites is 1. The molecular formula is C22H26N2O3. The molecule has 0 aromatic heterocycles. The first-order chi connectivity index (χ1) is 13.0. The van der Waals surface area contributed by atoms with Crippen molar-refractivity contribution in [3.63, 3.8) is 0 Å². The van der Waals surface area contributed by atoms with Crippen molar-refractivity contribution in [1.82, 2.24) is 5.32 Å². The second-order valence-corrected chi connectivity index (χ2v) is 7.12. The number of benzene rings is 2. The van der Waals surface area contributed by atoms with Crippen LogP contribution in [-0.2, 0) is 16.0 Å². The lowest BCUT2D eigenvalue weighted by Gasteiger charge is -2.24. The Hall–Kier alpha value is -2.82. The van der Waals surface area contributed by atoms with Gasteiger partial charge < -0.3 is 15.4 Å². The monoisotopic (exact) mass is 366 g/mol. The number of hydrogen-bond donors (Lipinski definition) is 2. The number of amides is 2. The summed E-state index contributed by atoms with van der Waals surface area (Å²) in [6.45, 7) is 3.95. The Balaban J connectivity index is 1.57. The largest absolute Gasteiger partial charge is 0.496 e. The number of carbonyl (C=O) groups excluding carboxylic acids is 2. The van der Waals surface area contributed by atoms with Gasteiger partial charge in [0.15, 0.2) is 0 Å². The molecule has 1 aliphatic heterocycles. The van der Waals surface area contributed by atoms with Crippen molar-refractivity contribution >= 4 is 17.5 Å². The number of fused-ring (bicyclic) bond motifs is 1. The summed E-state index contributed by atoms with van der Waals surface area (Å²) in [5, 5.41) is 5.96. The zero-order valence-electron chi connectivity index (χ0n) is 16.0. The quantitative estimate of drug-likeness (QED) is 0.818. The standard InChI is InChI=1S/C22H26N2O3/c1-14-8-10-20(27-3)18(12-14)15(2)23-21(25)11-9-17-13-16-6-4-5-7-19(16)24-22(17)26/h4-8,10,12,15,17H,9,11,13H2,1-3H3,(H,23,25)(H,24,26). The second-order valence-electron chi connectivity index (χ2n) is 7.12. The van der Waals surface area contributed by atoms with Crippen LogP contribution >= 0.6 is 0 Å². The van der Waals surface area contributed by atoms with Crippen LogP contribution in [0, 0.1) is 12.8 Å². The third kappa shape index (κ3) is 4.48. The second kappa shape index (κ2) is 8.25. The number of methoxy groups -OCH3 is 1. The number of carbonyl (C=O) groups is 2. The topological polar surface area (TPSA) is 67.4 Å². The summed E-state index contributed by atoms with van der Waals surface area (Å²) < 4.78 is 5.40. The number of hydrogen-bond acceptors (Lipinski definition) is 3. The van der Waals surface area contributed by atoms with Crippen molar-refractivity contribution in [2.24, 2.45) is 5.92 Å². The molecule has 2 aromatic rings. The molecule has 2 unspecified atom stereocenters. The van der Waals surface area contributed by atoms with Gasteiger partial charge in [-0.15, -0.1) is 0 Å². The van der Waals surface area contributed by atoms with E-state index in [1.54, 1.807) is 7.11 Å². The Kier molecular flexibility index (Phi) is 5.79. The Morgan fingerprint density at radius 2 is 2.07 bits per heavy atom. The zero-order chi connectivity index (χ0) is 19.4. The third-order valence-corrected chi connectivity index (χ3v) is 5.06. The van der Waals surface area contributed by atoms with Gasteiger partial charge in [-0.05, 0) is 44.4 Å². The number of rotatable bonds is 6. The summed E-state index contributed by atoms with van der Waals surface area (Å²) in [7, 11) is 1.63. The minimum atomic E-state index is -0.172. The molecule has 142 valence electrons. The first-order valence-corrected chi connectivity index (χ1v) is 9.30. The summed E-state index contributed by atoms with van der Waals surface area (Å²) in [5.74, 6) is 0.527. The molecule has 0 spiro atoms. The molecule has 27 heavy (non-hydrogen) atoms. The van der Waals surface area contributed by atoms with Gasteiger partial charge in [0.25, 0.3) is 0 Å². The molecule has 0 fully saturated rings. The van der Waals surface area contributed by atoms with Crippen molar-refractivity contribution in [2.45, 2.75) is 39.2 Å². The van der Waals surface area contributed by atoms with Crippen LogP contribution in [0.5, 0.6) is 5.75 Å². The molecule has 2 aromatic carbocycles. The highest BCUT2D eigenvalue weighted by Crippen LogP contribution is 2.28. The van der Waals surface area contributed by atoms with Crippen molar-refractivity contribution < 1.29 is 14.3 Å². The van der Waals surface area contributed by atoms with E-state index in [1.807, 2.05) is 56.3 Å². The van der Waals surface area contributed by atoms with E-state index in [1.165, 1.54) is 0 Å². The lowest BCUT2D eigenvalue weighted by Crippen LogP contribution is -2.32. The zero-order valence-corrected chi connectivity index (χ0v) is 16.0. The first-order valence-electron chi connectivity index (χ1n) is 9.30. The molecule has 5 nitrogen and oxygen atoms in total. The average Bonchev–Trinajstić information content (AvgIpc) is 2.66. The van der Waals surface area contributed by atoms with Crippen LogP contribution in [0.2, 0.25) is 0 Å². The van der Waals surface area contributed by atoms with Gasteiger partial charge in [0.2, 0.25) is 11.8 Å². The fraction of sp³-hybridized carbons (Fsp3) is 0.364. The van der Waals surface area contributed by atoms with Crippen LogP contribution in [0.1, 0.15) is 42.5 Å². The highest BCUT2D eigenvalue weighted by molar-refractivity contribution is 5.96. The van der Waals surface area contributed by atoms with Crippen molar-refractivity contribution in [1.29, 1.82) is 0 Å². The van der Waals surface area contributed by atoms with E-state index < -0.39 is 0 Å². The fourth-order valence-electron chi connectivity index (χ4n) is 3.54. The Morgan fingerprint density at radius 1 is 1.30 bits per heavy atom. The normalized spacial score (nSPS) is 16.9. The van der Waals surface area contributed by atoms with Gasteiger partial charge in [0, 0.05) is 23.6 Å². The van der Waals surface area contributed by atoms with Gasteiger partial charge in [0.1, 0.15) is 5.75 Å². The summed E-state index contributed by atoms with van der Waals surface area (Å²) in [6, 6.07) is 13.6. The lowest BCUT2D eigenvalue weighted by molar-refractivity contribution is -0.123. The van der Waals surface area contributed by atoms with E-state index >= 15 is 0 Å². The molecule has 0 radical (unpaired) electrons. The van der Waals surface area contributed by atoms with Gasteiger partial charge in [-0.1, -0.05) is 35.9 Å².